The van der Waals surface area contributed by atoms with Gasteiger partial charge in [0.2, 0.25) is 0 Å². The van der Waals surface area contributed by atoms with Crippen molar-refractivity contribution >= 4 is 11.6 Å². The van der Waals surface area contributed by atoms with E-state index in [0.29, 0.717) is 6.61 Å². The van der Waals surface area contributed by atoms with E-state index in [1.54, 1.807) is 0 Å². The summed E-state index contributed by atoms with van der Waals surface area (Å²) in [6, 6.07) is 21.1. The molecular weight excluding hydrogens is 348 g/mol. The molecule has 2 aromatic carbocycles. The van der Waals surface area contributed by atoms with E-state index in [4.69, 9.17) is 4.74 Å². The minimum Gasteiger partial charge on any atom is -0.368 e. The molecule has 2 saturated heterocycles. The molecule has 0 N–H and O–H groups in total. The zero-order valence-electron chi connectivity index (χ0n) is 16.5. The van der Waals surface area contributed by atoms with E-state index in [1.165, 1.54) is 5.56 Å². The Hall–Kier alpha value is -2.17. The van der Waals surface area contributed by atoms with Crippen LogP contribution in [0.25, 0.3) is 0 Å². The summed E-state index contributed by atoms with van der Waals surface area (Å²) in [5.41, 5.74) is 2.40. The molecule has 0 aromatic heterocycles. The Morgan fingerprint density at radius 2 is 1.64 bits per heavy atom. The van der Waals surface area contributed by atoms with Crippen LogP contribution in [0.5, 0.6) is 0 Å². The number of carbonyl (C=O) groups is 1. The van der Waals surface area contributed by atoms with Crippen LogP contribution in [0.15, 0.2) is 60.7 Å². The highest BCUT2D eigenvalue weighted by Crippen LogP contribution is 2.27. The average molecular weight is 379 g/mol. The molecule has 0 bridgehead atoms. The van der Waals surface area contributed by atoms with Crippen molar-refractivity contribution in [1.82, 2.24) is 4.90 Å². The Morgan fingerprint density at radius 1 is 0.964 bits per heavy atom. The number of ether oxygens (including phenoxy) is 1. The summed E-state index contributed by atoms with van der Waals surface area (Å²) in [5.74, 6) is 0.145. The zero-order valence-corrected chi connectivity index (χ0v) is 16.5. The van der Waals surface area contributed by atoms with Gasteiger partial charge < -0.3 is 14.5 Å². The minimum atomic E-state index is -0.267. The van der Waals surface area contributed by atoms with Gasteiger partial charge in [-0.3, -0.25) is 4.79 Å². The first-order valence-electron chi connectivity index (χ1n) is 10.6. The van der Waals surface area contributed by atoms with Gasteiger partial charge in [-0.1, -0.05) is 48.5 Å². The fraction of sp³-hybridized carbons (Fsp3) is 0.458. The van der Waals surface area contributed by atoms with Crippen molar-refractivity contribution in [3.8, 4) is 0 Å². The molecular formula is C24H30N2O2. The van der Waals surface area contributed by atoms with Gasteiger partial charge in [-0.2, -0.15) is 0 Å². The van der Waals surface area contributed by atoms with Gasteiger partial charge in [-0.25, -0.2) is 0 Å². The summed E-state index contributed by atoms with van der Waals surface area (Å²) in [6.07, 6.45) is 4.68. The molecule has 4 rings (SSSR count). The maximum absolute atomic E-state index is 13.2. The first-order valence-corrected chi connectivity index (χ1v) is 10.6. The number of benzene rings is 2. The fourth-order valence-corrected chi connectivity index (χ4v) is 4.37. The summed E-state index contributed by atoms with van der Waals surface area (Å²) in [6.45, 7) is 3.87. The zero-order chi connectivity index (χ0) is 19.2. The number of likely N-dealkylation sites (tertiary alicyclic amines) is 1. The lowest BCUT2D eigenvalue weighted by Crippen LogP contribution is -2.50. The molecule has 0 aliphatic carbocycles. The fourth-order valence-electron chi connectivity index (χ4n) is 4.37. The maximum atomic E-state index is 13.2. The topological polar surface area (TPSA) is 32.8 Å². The van der Waals surface area contributed by atoms with E-state index < -0.39 is 0 Å². The quantitative estimate of drug-likeness (QED) is 0.764. The van der Waals surface area contributed by atoms with Gasteiger partial charge >= 0.3 is 0 Å². The third kappa shape index (κ3) is 4.62. The van der Waals surface area contributed by atoms with E-state index in [-0.39, 0.29) is 18.1 Å². The normalized spacial score (nSPS) is 20.9. The molecule has 0 spiro atoms. The minimum absolute atomic E-state index is 0.145. The Morgan fingerprint density at radius 3 is 2.29 bits per heavy atom. The number of para-hydroxylation sites is 1. The molecule has 2 fully saturated rings. The molecule has 1 unspecified atom stereocenters. The second-order valence-corrected chi connectivity index (χ2v) is 7.85. The van der Waals surface area contributed by atoms with E-state index >= 15 is 0 Å². The number of piperidine rings is 1. The van der Waals surface area contributed by atoms with Gasteiger partial charge in [0.05, 0.1) is 0 Å². The Labute approximate surface area is 168 Å². The highest BCUT2D eigenvalue weighted by Gasteiger charge is 2.34. The van der Waals surface area contributed by atoms with Crippen molar-refractivity contribution in [2.45, 2.75) is 44.2 Å². The lowest BCUT2D eigenvalue weighted by Gasteiger charge is -2.39. The van der Waals surface area contributed by atoms with Crippen molar-refractivity contribution in [3.63, 3.8) is 0 Å². The number of amides is 1. The van der Waals surface area contributed by atoms with Crippen LogP contribution >= 0.6 is 0 Å². The molecule has 1 amide bonds. The van der Waals surface area contributed by atoms with Crippen LogP contribution in [0.1, 0.15) is 31.2 Å². The summed E-state index contributed by atoms with van der Waals surface area (Å²) in [4.78, 5) is 17.8. The van der Waals surface area contributed by atoms with Crippen LogP contribution in [-0.4, -0.2) is 49.2 Å². The van der Waals surface area contributed by atoms with Crippen LogP contribution in [0.2, 0.25) is 0 Å². The number of hydrogen-bond acceptors (Lipinski definition) is 3. The molecule has 2 heterocycles. The molecule has 2 aliphatic rings. The maximum Gasteiger partial charge on any atom is 0.256 e. The predicted molar refractivity (Wildman–Crippen MR) is 113 cm³/mol. The summed E-state index contributed by atoms with van der Waals surface area (Å²) in [7, 11) is 0. The number of carbonyl (C=O) groups excluding carboxylic acids is 1. The second-order valence-electron chi connectivity index (χ2n) is 7.85. The smallest absolute Gasteiger partial charge is 0.256 e. The van der Waals surface area contributed by atoms with Crippen molar-refractivity contribution in [2.24, 2.45) is 0 Å². The third-order valence-corrected chi connectivity index (χ3v) is 5.96. The number of rotatable bonds is 6. The lowest BCUT2D eigenvalue weighted by molar-refractivity contribution is -0.128. The molecule has 4 nitrogen and oxygen atoms in total. The monoisotopic (exact) mass is 378 g/mol. The van der Waals surface area contributed by atoms with E-state index in [1.807, 2.05) is 23.1 Å². The predicted octanol–water partition coefficient (Wildman–Crippen LogP) is 3.91. The van der Waals surface area contributed by atoms with Crippen LogP contribution in [0, 0.1) is 0 Å². The molecule has 2 aliphatic heterocycles. The third-order valence-electron chi connectivity index (χ3n) is 5.96. The Balaban J connectivity index is 1.38. The number of anilines is 1. The standard InChI is InChI=1S/C24H30N2O2/c27-24(23-12-7-19-28-23)26(21-10-5-2-6-11-21)22-14-17-25(18-15-22)16-13-20-8-3-1-4-9-20/h1-6,8-11,22-23H,7,12-19H2. The average Bonchev–Trinajstić information content (AvgIpc) is 3.30. The van der Waals surface area contributed by atoms with Crippen LogP contribution in [0.4, 0.5) is 5.69 Å². The van der Waals surface area contributed by atoms with Crippen molar-refractivity contribution in [3.05, 3.63) is 66.2 Å². The molecule has 0 saturated carbocycles. The summed E-state index contributed by atoms with van der Waals surface area (Å²) in [5, 5.41) is 0. The van der Waals surface area contributed by atoms with Gasteiger partial charge in [-0.15, -0.1) is 0 Å². The van der Waals surface area contributed by atoms with E-state index in [9.17, 15) is 4.79 Å². The van der Waals surface area contributed by atoms with Crippen molar-refractivity contribution in [1.29, 1.82) is 0 Å². The van der Waals surface area contributed by atoms with Gasteiger partial charge in [0.1, 0.15) is 6.10 Å². The van der Waals surface area contributed by atoms with Gasteiger partial charge in [0.15, 0.2) is 0 Å². The summed E-state index contributed by atoms with van der Waals surface area (Å²) >= 11 is 0. The van der Waals surface area contributed by atoms with E-state index in [2.05, 4.69) is 47.4 Å². The lowest BCUT2D eigenvalue weighted by atomic mass is 10.00. The van der Waals surface area contributed by atoms with Crippen LogP contribution in [0.3, 0.4) is 0 Å². The van der Waals surface area contributed by atoms with Crippen LogP contribution < -0.4 is 4.90 Å². The SMILES string of the molecule is O=C(C1CCCO1)N(c1ccccc1)C1CCN(CCc2ccccc2)CC1. The first kappa shape index (κ1) is 19.2. The van der Waals surface area contributed by atoms with Crippen LogP contribution in [-0.2, 0) is 16.0 Å². The van der Waals surface area contributed by atoms with Gasteiger partial charge in [0.25, 0.3) is 5.91 Å². The molecule has 28 heavy (non-hydrogen) atoms. The Kier molecular flexibility index (Phi) is 6.40. The van der Waals surface area contributed by atoms with Crippen molar-refractivity contribution in [2.75, 3.05) is 31.1 Å². The molecule has 148 valence electrons. The highest BCUT2D eigenvalue weighted by molar-refractivity contribution is 5.97. The number of nitrogens with zero attached hydrogens (tertiary/aromatic N) is 2. The molecule has 1 atom stereocenters. The largest absolute Gasteiger partial charge is 0.368 e. The number of hydrogen-bond donors (Lipinski definition) is 0. The molecule has 0 radical (unpaired) electrons. The first-order chi connectivity index (χ1) is 13.8. The van der Waals surface area contributed by atoms with E-state index in [0.717, 1.165) is 57.4 Å². The Bertz CT molecular complexity index is 736. The second kappa shape index (κ2) is 9.35. The highest BCUT2D eigenvalue weighted by atomic mass is 16.5. The van der Waals surface area contributed by atoms with Gasteiger partial charge in [0, 0.05) is 38.0 Å². The van der Waals surface area contributed by atoms with Crippen molar-refractivity contribution < 1.29 is 9.53 Å². The molecule has 4 heteroatoms. The van der Waals surface area contributed by atoms with Gasteiger partial charge in [-0.05, 0) is 49.8 Å². The molecule has 2 aromatic rings. The summed E-state index contributed by atoms with van der Waals surface area (Å²) < 4.78 is 5.72.